The van der Waals surface area contributed by atoms with E-state index in [-0.39, 0.29) is 6.61 Å². The van der Waals surface area contributed by atoms with Gasteiger partial charge in [0, 0.05) is 24.2 Å². The van der Waals surface area contributed by atoms with Crippen molar-refractivity contribution in [1.29, 1.82) is 0 Å². The molecule has 2 nitrogen and oxygen atoms in total. The molecule has 1 aliphatic heterocycles. The first-order valence-electron chi connectivity index (χ1n) is 4.91. The van der Waals surface area contributed by atoms with Crippen molar-refractivity contribution in [1.82, 2.24) is 5.32 Å². The van der Waals surface area contributed by atoms with Crippen molar-refractivity contribution in [2.75, 3.05) is 6.61 Å². The van der Waals surface area contributed by atoms with E-state index in [1.54, 1.807) is 0 Å². The molecule has 3 heteroatoms. The molecule has 0 saturated heterocycles. The molecule has 0 radical (unpaired) electrons. The molecular formula is C11H14ClNO. The van der Waals surface area contributed by atoms with E-state index in [1.165, 1.54) is 11.1 Å². The second kappa shape index (κ2) is 4.30. The van der Waals surface area contributed by atoms with Gasteiger partial charge in [0.15, 0.2) is 0 Å². The first kappa shape index (κ1) is 9.97. The molecule has 0 bridgehead atoms. The van der Waals surface area contributed by atoms with Gasteiger partial charge in [0.05, 0.1) is 0 Å². The molecule has 0 spiro atoms. The van der Waals surface area contributed by atoms with Gasteiger partial charge in [-0.2, -0.15) is 0 Å². The van der Waals surface area contributed by atoms with Crippen LogP contribution >= 0.6 is 11.6 Å². The molecule has 1 aliphatic rings. The Morgan fingerprint density at radius 1 is 1.43 bits per heavy atom. The van der Waals surface area contributed by atoms with Gasteiger partial charge in [0.25, 0.3) is 0 Å². The highest BCUT2D eigenvalue weighted by Crippen LogP contribution is 2.21. The summed E-state index contributed by atoms with van der Waals surface area (Å²) >= 11 is 5.91. The van der Waals surface area contributed by atoms with Crippen LogP contribution in [0.4, 0.5) is 0 Å². The van der Waals surface area contributed by atoms with E-state index in [0.717, 1.165) is 24.4 Å². The lowest BCUT2D eigenvalue weighted by Gasteiger charge is -2.25. The topological polar surface area (TPSA) is 32.3 Å². The van der Waals surface area contributed by atoms with Crippen molar-refractivity contribution in [2.45, 2.75) is 25.4 Å². The van der Waals surface area contributed by atoms with Crippen LogP contribution in [0.3, 0.4) is 0 Å². The van der Waals surface area contributed by atoms with E-state index in [0.29, 0.717) is 6.04 Å². The fourth-order valence-electron chi connectivity index (χ4n) is 1.91. The molecule has 0 fully saturated rings. The monoisotopic (exact) mass is 211 g/mol. The van der Waals surface area contributed by atoms with Crippen LogP contribution in [0.5, 0.6) is 0 Å². The second-order valence-corrected chi connectivity index (χ2v) is 4.14. The van der Waals surface area contributed by atoms with Gasteiger partial charge in [0.2, 0.25) is 0 Å². The Labute approximate surface area is 88.9 Å². The van der Waals surface area contributed by atoms with E-state index >= 15 is 0 Å². The van der Waals surface area contributed by atoms with Gasteiger partial charge in [-0.1, -0.05) is 17.7 Å². The number of aliphatic hydroxyl groups is 1. The number of halogens is 1. The Balaban J connectivity index is 2.15. The molecule has 76 valence electrons. The van der Waals surface area contributed by atoms with Crippen molar-refractivity contribution >= 4 is 11.6 Å². The summed E-state index contributed by atoms with van der Waals surface area (Å²) in [5.41, 5.74) is 2.64. The van der Waals surface area contributed by atoms with Crippen LogP contribution in [-0.2, 0) is 13.0 Å². The zero-order valence-corrected chi connectivity index (χ0v) is 8.72. The lowest BCUT2D eigenvalue weighted by atomic mass is 9.94. The molecule has 2 N–H and O–H groups in total. The van der Waals surface area contributed by atoms with Crippen LogP contribution < -0.4 is 5.32 Å². The zero-order valence-electron chi connectivity index (χ0n) is 7.96. The summed E-state index contributed by atoms with van der Waals surface area (Å²) in [6.07, 6.45) is 1.81. The van der Waals surface area contributed by atoms with Gasteiger partial charge in [-0.05, 0) is 36.1 Å². The fraction of sp³-hybridized carbons (Fsp3) is 0.455. The van der Waals surface area contributed by atoms with Crippen molar-refractivity contribution in [3.63, 3.8) is 0 Å². The average Bonchev–Trinajstić information content (AvgIpc) is 2.19. The first-order valence-corrected chi connectivity index (χ1v) is 5.29. The highest BCUT2D eigenvalue weighted by molar-refractivity contribution is 6.30. The Hall–Kier alpha value is -0.570. The van der Waals surface area contributed by atoms with Gasteiger partial charge in [-0.3, -0.25) is 0 Å². The van der Waals surface area contributed by atoms with Gasteiger partial charge < -0.3 is 10.4 Å². The molecule has 0 saturated carbocycles. The number of aliphatic hydroxyl groups excluding tert-OH is 1. The summed E-state index contributed by atoms with van der Waals surface area (Å²) in [5.74, 6) is 0. The second-order valence-electron chi connectivity index (χ2n) is 3.71. The third-order valence-corrected chi connectivity index (χ3v) is 2.93. The van der Waals surface area contributed by atoms with Crippen molar-refractivity contribution < 1.29 is 5.11 Å². The molecule has 1 unspecified atom stereocenters. The highest BCUT2D eigenvalue weighted by Gasteiger charge is 2.17. The van der Waals surface area contributed by atoms with Crippen LogP contribution in [0.15, 0.2) is 18.2 Å². The van der Waals surface area contributed by atoms with Crippen molar-refractivity contribution in [3.05, 3.63) is 34.3 Å². The molecule has 1 heterocycles. The van der Waals surface area contributed by atoms with Gasteiger partial charge in [-0.25, -0.2) is 0 Å². The van der Waals surface area contributed by atoms with Gasteiger partial charge >= 0.3 is 0 Å². The maximum absolute atomic E-state index is 8.85. The van der Waals surface area contributed by atoms with E-state index in [9.17, 15) is 0 Å². The van der Waals surface area contributed by atoms with Crippen LogP contribution in [0.2, 0.25) is 5.02 Å². The van der Waals surface area contributed by atoms with E-state index in [4.69, 9.17) is 16.7 Å². The summed E-state index contributed by atoms with van der Waals surface area (Å²) in [4.78, 5) is 0. The minimum atomic E-state index is 0.251. The van der Waals surface area contributed by atoms with Gasteiger partial charge in [-0.15, -0.1) is 0 Å². The van der Waals surface area contributed by atoms with Crippen molar-refractivity contribution in [2.24, 2.45) is 0 Å². The fourth-order valence-corrected chi connectivity index (χ4v) is 2.10. The molecule has 1 atom stereocenters. The molecule has 2 rings (SSSR count). The first-order chi connectivity index (χ1) is 6.79. The maximum atomic E-state index is 8.85. The quantitative estimate of drug-likeness (QED) is 0.781. The summed E-state index contributed by atoms with van der Waals surface area (Å²) in [7, 11) is 0. The number of hydrogen-bond acceptors (Lipinski definition) is 2. The van der Waals surface area contributed by atoms with Crippen molar-refractivity contribution in [3.8, 4) is 0 Å². The molecule has 14 heavy (non-hydrogen) atoms. The smallest absolute Gasteiger partial charge is 0.0445 e. The Morgan fingerprint density at radius 3 is 3.07 bits per heavy atom. The predicted octanol–water partition coefficient (Wildman–Crippen LogP) is 1.74. The number of nitrogens with one attached hydrogen (secondary N) is 1. The van der Waals surface area contributed by atoms with Crippen LogP contribution in [0, 0.1) is 0 Å². The lowest BCUT2D eigenvalue weighted by Crippen LogP contribution is -2.36. The Bertz CT molecular complexity index is 327. The molecule has 0 amide bonds. The number of hydrogen-bond donors (Lipinski definition) is 2. The molecular weight excluding hydrogens is 198 g/mol. The summed E-state index contributed by atoms with van der Waals surface area (Å²) in [6.45, 7) is 1.11. The van der Waals surface area contributed by atoms with Crippen LogP contribution in [0.1, 0.15) is 17.5 Å². The summed E-state index contributed by atoms with van der Waals surface area (Å²) in [5, 5.41) is 13.0. The number of benzene rings is 1. The standard InChI is InChI=1S/C11H14ClNO/c12-10-2-1-8-6-11(3-4-14)13-7-9(8)5-10/h1-2,5,11,13-14H,3-4,6-7H2. The van der Waals surface area contributed by atoms with Crippen LogP contribution in [-0.4, -0.2) is 17.8 Å². The minimum absolute atomic E-state index is 0.251. The predicted molar refractivity (Wildman–Crippen MR) is 57.5 cm³/mol. The maximum Gasteiger partial charge on any atom is 0.0445 e. The molecule has 1 aromatic carbocycles. The minimum Gasteiger partial charge on any atom is -0.396 e. The normalized spacial score (nSPS) is 20.6. The summed E-state index contributed by atoms with van der Waals surface area (Å²) in [6, 6.07) is 6.44. The number of fused-ring (bicyclic) bond motifs is 1. The molecule has 0 aliphatic carbocycles. The Kier molecular flexibility index (Phi) is 3.06. The lowest BCUT2D eigenvalue weighted by molar-refractivity contribution is 0.260. The van der Waals surface area contributed by atoms with E-state index < -0.39 is 0 Å². The average molecular weight is 212 g/mol. The highest BCUT2D eigenvalue weighted by atomic mass is 35.5. The van der Waals surface area contributed by atoms with Gasteiger partial charge in [0.1, 0.15) is 0 Å². The zero-order chi connectivity index (χ0) is 9.97. The van der Waals surface area contributed by atoms with E-state index in [2.05, 4.69) is 11.4 Å². The largest absolute Gasteiger partial charge is 0.396 e. The summed E-state index contributed by atoms with van der Waals surface area (Å²) < 4.78 is 0. The molecule has 0 aromatic heterocycles. The molecule has 1 aromatic rings. The third-order valence-electron chi connectivity index (χ3n) is 2.69. The third kappa shape index (κ3) is 2.08. The van der Waals surface area contributed by atoms with Crippen LogP contribution in [0.25, 0.3) is 0 Å². The Morgan fingerprint density at radius 2 is 2.29 bits per heavy atom. The SMILES string of the molecule is OCCC1Cc2ccc(Cl)cc2CN1. The van der Waals surface area contributed by atoms with E-state index in [1.807, 2.05) is 12.1 Å². The number of rotatable bonds is 2.